The van der Waals surface area contributed by atoms with E-state index in [1.165, 1.54) is 37.7 Å². The van der Waals surface area contributed by atoms with E-state index in [1.807, 2.05) is 0 Å². The van der Waals surface area contributed by atoms with Gasteiger partial charge < -0.3 is 14.6 Å². The summed E-state index contributed by atoms with van der Waals surface area (Å²) < 4.78 is 11.8. The Morgan fingerprint density at radius 3 is 2.88 bits per heavy atom. The molecule has 0 spiro atoms. The topological polar surface area (TPSA) is 38.7 Å². The number of fused-ring (bicyclic) bond motifs is 5. The normalized spacial score (nSPS) is 41.8. The fourth-order valence-corrected chi connectivity index (χ4v) is 6.56. The molecule has 4 aliphatic rings. The fraction of sp³-hybridized carbons (Fsp3) is 0.739. The molecule has 1 N–H and O–H groups in total. The zero-order chi connectivity index (χ0) is 17.7. The maximum atomic E-state index is 10.5. The summed E-state index contributed by atoms with van der Waals surface area (Å²) in [4.78, 5) is 0. The van der Waals surface area contributed by atoms with Crippen LogP contribution < -0.4 is 4.74 Å². The van der Waals surface area contributed by atoms with Crippen molar-refractivity contribution in [2.75, 3.05) is 6.61 Å². The van der Waals surface area contributed by atoms with Gasteiger partial charge in [0, 0.05) is 6.42 Å². The summed E-state index contributed by atoms with van der Waals surface area (Å²) in [6.07, 6.45) is 10.3. The Balaban J connectivity index is 1.36. The van der Waals surface area contributed by atoms with E-state index in [0.29, 0.717) is 11.8 Å². The summed E-state index contributed by atoms with van der Waals surface area (Å²) in [5, 5.41) is 10.5. The van der Waals surface area contributed by atoms with E-state index < -0.39 is 0 Å². The highest BCUT2D eigenvalue weighted by Gasteiger charge is 2.54. The van der Waals surface area contributed by atoms with Gasteiger partial charge in [0.05, 0.1) is 12.7 Å². The standard InChI is InChI=1S/C23H32O3/c1-23-12-11-18-17-8-6-16(26-22-4-2-3-13-25-22)14-15(17)5-7-19(18)20(23)9-10-21(23)24/h6,8,14,18-22,24H,2-5,7,9-13H2,1H3/t18?,19?,20?,21-,22?,23-/m0/s1. The Labute approximate surface area is 157 Å². The molecule has 0 aromatic heterocycles. The molecule has 3 fully saturated rings. The molecule has 1 aliphatic heterocycles. The van der Waals surface area contributed by atoms with Crippen LogP contribution in [0.2, 0.25) is 0 Å². The molecule has 1 saturated heterocycles. The highest BCUT2D eigenvalue weighted by Crippen LogP contribution is 2.60. The number of hydrogen-bond donors (Lipinski definition) is 1. The summed E-state index contributed by atoms with van der Waals surface area (Å²) in [7, 11) is 0. The van der Waals surface area contributed by atoms with Crippen LogP contribution in [-0.2, 0) is 11.2 Å². The molecule has 3 aliphatic carbocycles. The lowest BCUT2D eigenvalue weighted by Gasteiger charge is -2.50. The molecule has 5 rings (SSSR count). The number of rotatable bonds is 2. The minimum absolute atomic E-state index is 0.0616. The average Bonchev–Trinajstić information content (AvgIpc) is 2.97. The van der Waals surface area contributed by atoms with Crippen molar-refractivity contribution in [2.24, 2.45) is 17.3 Å². The molecular weight excluding hydrogens is 324 g/mol. The van der Waals surface area contributed by atoms with Gasteiger partial charge in [-0.15, -0.1) is 0 Å². The van der Waals surface area contributed by atoms with Gasteiger partial charge in [-0.3, -0.25) is 0 Å². The molecule has 0 bridgehead atoms. The Morgan fingerprint density at radius 2 is 2.04 bits per heavy atom. The van der Waals surface area contributed by atoms with Crippen molar-refractivity contribution in [2.45, 2.75) is 83.0 Å². The van der Waals surface area contributed by atoms with Crippen LogP contribution in [0.15, 0.2) is 18.2 Å². The monoisotopic (exact) mass is 356 g/mol. The Kier molecular flexibility index (Phi) is 4.28. The van der Waals surface area contributed by atoms with Gasteiger partial charge in [0.1, 0.15) is 5.75 Å². The van der Waals surface area contributed by atoms with E-state index in [0.717, 1.165) is 44.0 Å². The molecule has 0 amide bonds. The van der Waals surface area contributed by atoms with Crippen LogP contribution in [0.25, 0.3) is 0 Å². The number of benzene rings is 1. The second kappa shape index (κ2) is 6.53. The van der Waals surface area contributed by atoms with E-state index in [9.17, 15) is 5.11 Å². The summed E-state index contributed by atoms with van der Waals surface area (Å²) in [6.45, 7) is 3.17. The van der Waals surface area contributed by atoms with Crippen LogP contribution in [0.4, 0.5) is 0 Å². The van der Waals surface area contributed by atoms with Crippen LogP contribution in [0.3, 0.4) is 0 Å². The minimum atomic E-state index is -0.0823. The molecule has 0 radical (unpaired) electrons. The van der Waals surface area contributed by atoms with E-state index >= 15 is 0 Å². The first kappa shape index (κ1) is 17.1. The molecule has 142 valence electrons. The van der Waals surface area contributed by atoms with Crippen molar-refractivity contribution in [3.8, 4) is 5.75 Å². The predicted octanol–water partition coefficient (Wildman–Crippen LogP) is 4.81. The van der Waals surface area contributed by atoms with Gasteiger partial charge in [0.25, 0.3) is 0 Å². The van der Waals surface area contributed by atoms with Crippen molar-refractivity contribution in [3.05, 3.63) is 29.3 Å². The molecule has 2 saturated carbocycles. The van der Waals surface area contributed by atoms with Crippen LogP contribution in [0, 0.1) is 17.3 Å². The van der Waals surface area contributed by atoms with Gasteiger partial charge >= 0.3 is 0 Å². The lowest BCUT2D eigenvalue weighted by molar-refractivity contribution is -0.105. The van der Waals surface area contributed by atoms with Crippen LogP contribution >= 0.6 is 0 Å². The third kappa shape index (κ3) is 2.70. The van der Waals surface area contributed by atoms with Crippen molar-refractivity contribution in [3.63, 3.8) is 0 Å². The third-order valence-electron chi connectivity index (χ3n) is 8.05. The lowest BCUT2D eigenvalue weighted by atomic mass is 9.55. The summed E-state index contributed by atoms with van der Waals surface area (Å²) >= 11 is 0. The van der Waals surface area contributed by atoms with E-state index in [2.05, 4.69) is 25.1 Å². The maximum absolute atomic E-state index is 10.5. The smallest absolute Gasteiger partial charge is 0.199 e. The van der Waals surface area contributed by atoms with Crippen LogP contribution in [0.5, 0.6) is 5.75 Å². The van der Waals surface area contributed by atoms with Crippen molar-refractivity contribution < 1.29 is 14.6 Å². The number of ether oxygens (including phenoxy) is 2. The zero-order valence-electron chi connectivity index (χ0n) is 16.0. The second-order valence-electron chi connectivity index (χ2n) is 9.33. The quantitative estimate of drug-likeness (QED) is 0.826. The van der Waals surface area contributed by atoms with Gasteiger partial charge in [-0.2, -0.15) is 0 Å². The SMILES string of the molecule is C[C@]12CCC3c4ccc(OC5CCCCO5)cc4CCC3C1CC[C@@H]2O. The highest BCUT2D eigenvalue weighted by atomic mass is 16.7. The third-order valence-corrected chi connectivity index (χ3v) is 8.05. The molecule has 6 atom stereocenters. The van der Waals surface area contributed by atoms with E-state index in [4.69, 9.17) is 9.47 Å². The molecule has 4 unspecified atom stereocenters. The van der Waals surface area contributed by atoms with Gasteiger partial charge in [-0.25, -0.2) is 0 Å². The predicted molar refractivity (Wildman–Crippen MR) is 101 cm³/mol. The lowest BCUT2D eigenvalue weighted by Crippen LogP contribution is -2.43. The Morgan fingerprint density at radius 1 is 1.12 bits per heavy atom. The Bertz CT molecular complexity index is 665. The summed E-state index contributed by atoms with van der Waals surface area (Å²) in [5.74, 6) is 3.12. The zero-order valence-corrected chi connectivity index (χ0v) is 16.0. The molecule has 3 nitrogen and oxygen atoms in total. The minimum Gasteiger partial charge on any atom is -0.465 e. The molecule has 1 heterocycles. The van der Waals surface area contributed by atoms with Crippen molar-refractivity contribution in [1.29, 1.82) is 0 Å². The maximum Gasteiger partial charge on any atom is 0.199 e. The Hall–Kier alpha value is -1.06. The van der Waals surface area contributed by atoms with Gasteiger partial charge in [0.15, 0.2) is 6.29 Å². The molecule has 1 aromatic rings. The first-order valence-electron chi connectivity index (χ1n) is 10.7. The molecule has 26 heavy (non-hydrogen) atoms. The number of aryl methyl sites for hydroxylation is 1. The van der Waals surface area contributed by atoms with Crippen LogP contribution in [-0.4, -0.2) is 24.1 Å². The fourth-order valence-electron chi connectivity index (χ4n) is 6.56. The second-order valence-corrected chi connectivity index (χ2v) is 9.33. The van der Waals surface area contributed by atoms with Gasteiger partial charge in [0.2, 0.25) is 0 Å². The van der Waals surface area contributed by atoms with Crippen molar-refractivity contribution >= 4 is 0 Å². The molecular formula is C23H32O3. The molecule has 3 heteroatoms. The highest BCUT2D eigenvalue weighted by molar-refractivity contribution is 5.40. The molecule has 1 aromatic carbocycles. The average molecular weight is 357 g/mol. The van der Waals surface area contributed by atoms with Crippen LogP contribution in [0.1, 0.15) is 75.3 Å². The summed E-state index contributed by atoms with van der Waals surface area (Å²) in [6, 6.07) is 6.77. The van der Waals surface area contributed by atoms with E-state index in [-0.39, 0.29) is 17.8 Å². The van der Waals surface area contributed by atoms with E-state index in [1.54, 1.807) is 5.56 Å². The first-order valence-corrected chi connectivity index (χ1v) is 10.7. The number of hydrogen-bond acceptors (Lipinski definition) is 3. The largest absolute Gasteiger partial charge is 0.465 e. The van der Waals surface area contributed by atoms with Crippen molar-refractivity contribution in [1.82, 2.24) is 0 Å². The number of aliphatic hydroxyl groups excluding tert-OH is 1. The first-order chi connectivity index (χ1) is 12.6. The summed E-state index contributed by atoms with van der Waals surface area (Å²) in [5.41, 5.74) is 3.21. The number of aliphatic hydroxyl groups is 1. The van der Waals surface area contributed by atoms with Gasteiger partial charge in [-0.05, 0) is 97.8 Å². The van der Waals surface area contributed by atoms with Gasteiger partial charge in [-0.1, -0.05) is 13.0 Å².